The van der Waals surface area contributed by atoms with E-state index < -0.39 is 0 Å². The first-order valence-electron chi connectivity index (χ1n) is 10.9. The van der Waals surface area contributed by atoms with E-state index in [0.717, 1.165) is 28.1 Å². The van der Waals surface area contributed by atoms with Crippen molar-refractivity contribution in [2.75, 3.05) is 5.32 Å². The van der Waals surface area contributed by atoms with Crippen LogP contribution < -0.4 is 10.9 Å². The van der Waals surface area contributed by atoms with E-state index >= 15 is 0 Å². The molecule has 0 spiro atoms. The lowest BCUT2D eigenvalue weighted by molar-refractivity contribution is -0.111. The molecule has 0 bridgehead atoms. The first kappa shape index (κ1) is 21.7. The van der Waals surface area contributed by atoms with Crippen LogP contribution in [0.4, 0.5) is 5.69 Å². The van der Waals surface area contributed by atoms with E-state index in [9.17, 15) is 9.59 Å². The lowest BCUT2D eigenvalue weighted by Gasteiger charge is -2.05. The van der Waals surface area contributed by atoms with Gasteiger partial charge in [-0.1, -0.05) is 30.3 Å². The van der Waals surface area contributed by atoms with Gasteiger partial charge in [0.2, 0.25) is 5.91 Å². The summed E-state index contributed by atoms with van der Waals surface area (Å²) in [5.74, 6) is -0.291. The molecule has 0 saturated heterocycles. The molecule has 0 aliphatic carbocycles. The fraction of sp³-hybridized carbons (Fsp3) is 0. The minimum absolute atomic E-state index is 0.274. The molecule has 8 nitrogen and oxygen atoms in total. The molecule has 3 heterocycles. The lowest BCUT2D eigenvalue weighted by Crippen LogP contribution is -2.08. The normalized spacial score (nSPS) is 11.0. The molecule has 0 unspecified atom stereocenters. The fourth-order valence-electron chi connectivity index (χ4n) is 3.56. The number of aromatic amines is 1. The Morgan fingerprint density at radius 3 is 2.57 bits per heavy atom. The van der Waals surface area contributed by atoms with Crippen LogP contribution in [0.1, 0.15) is 5.56 Å². The van der Waals surface area contributed by atoms with E-state index in [2.05, 4.69) is 20.5 Å². The molecule has 5 aromatic rings. The number of nitrogens with one attached hydrogen (secondary N) is 2. The van der Waals surface area contributed by atoms with Crippen molar-refractivity contribution in [2.45, 2.75) is 0 Å². The maximum absolute atomic E-state index is 12.7. The summed E-state index contributed by atoms with van der Waals surface area (Å²) in [6.45, 7) is 0. The smallest absolute Gasteiger partial charge is 0.264 e. The number of anilines is 1. The highest BCUT2D eigenvalue weighted by Gasteiger charge is 2.11. The van der Waals surface area contributed by atoms with E-state index in [1.54, 1.807) is 41.4 Å². The highest BCUT2D eigenvalue weighted by atomic mass is 16.1. The van der Waals surface area contributed by atoms with E-state index in [1.165, 1.54) is 12.1 Å². The largest absolute Gasteiger partial charge is 0.322 e. The summed E-state index contributed by atoms with van der Waals surface area (Å²) >= 11 is 0. The van der Waals surface area contributed by atoms with Crippen molar-refractivity contribution >= 4 is 17.7 Å². The number of carbonyl (C=O) groups is 1. The van der Waals surface area contributed by atoms with Gasteiger partial charge in [0.25, 0.3) is 5.56 Å². The second-order valence-corrected chi connectivity index (χ2v) is 7.66. The second-order valence-electron chi connectivity index (χ2n) is 7.66. The molecule has 2 aromatic carbocycles. The Labute approximate surface area is 200 Å². The molecule has 170 valence electrons. The highest BCUT2D eigenvalue weighted by Crippen LogP contribution is 2.24. The molecule has 0 atom stereocenters. The SMILES string of the molecule is O=C(/C=C/c1cn(-c2ccccc2)nc1-c1cccnc1)Nc1cccc(-c2ccc(=O)[nH]n2)c1. The number of nitrogens with zero attached hydrogens (tertiary/aromatic N) is 4. The molecule has 35 heavy (non-hydrogen) atoms. The predicted molar refractivity (Wildman–Crippen MR) is 135 cm³/mol. The fourth-order valence-corrected chi connectivity index (χ4v) is 3.56. The van der Waals surface area contributed by atoms with E-state index in [-0.39, 0.29) is 11.5 Å². The van der Waals surface area contributed by atoms with Gasteiger partial charge >= 0.3 is 0 Å². The highest BCUT2D eigenvalue weighted by molar-refractivity contribution is 6.02. The van der Waals surface area contributed by atoms with Crippen molar-refractivity contribution in [1.29, 1.82) is 0 Å². The molecule has 2 N–H and O–H groups in total. The summed E-state index contributed by atoms with van der Waals surface area (Å²) in [7, 11) is 0. The predicted octanol–water partition coefficient (Wildman–Crippen LogP) is 4.34. The van der Waals surface area contributed by atoms with Crippen molar-refractivity contribution in [3.05, 3.63) is 119 Å². The van der Waals surface area contributed by atoms with Crippen LogP contribution in [0, 0.1) is 0 Å². The zero-order chi connectivity index (χ0) is 24.0. The Kier molecular flexibility index (Phi) is 6.08. The van der Waals surface area contributed by atoms with Crippen molar-refractivity contribution in [3.63, 3.8) is 0 Å². The number of carbonyl (C=O) groups excluding carboxylic acids is 1. The molecule has 0 aliphatic rings. The first-order valence-corrected chi connectivity index (χ1v) is 10.9. The van der Waals surface area contributed by atoms with Crippen LogP contribution in [0.3, 0.4) is 0 Å². The van der Waals surface area contributed by atoms with Gasteiger partial charge in [-0.3, -0.25) is 14.6 Å². The van der Waals surface area contributed by atoms with Crippen LogP contribution in [0.15, 0.2) is 108 Å². The molecule has 0 aliphatic heterocycles. The van der Waals surface area contributed by atoms with Crippen LogP contribution >= 0.6 is 0 Å². The summed E-state index contributed by atoms with van der Waals surface area (Å²) in [6.07, 6.45) is 8.53. The average Bonchev–Trinajstić information content (AvgIpc) is 3.33. The molecule has 5 rings (SSSR count). The Morgan fingerprint density at radius 1 is 0.943 bits per heavy atom. The minimum Gasteiger partial charge on any atom is -0.322 e. The molecule has 8 heteroatoms. The number of H-pyrrole nitrogens is 1. The zero-order valence-electron chi connectivity index (χ0n) is 18.5. The Morgan fingerprint density at radius 2 is 1.80 bits per heavy atom. The topological polar surface area (TPSA) is 106 Å². The monoisotopic (exact) mass is 460 g/mol. The number of hydrogen-bond acceptors (Lipinski definition) is 5. The quantitative estimate of drug-likeness (QED) is 0.367. The minimum atomic E-state index is -0.291. The molecule has 0 radical (unpaired) electrons. The number of aromatic nitrogens is 5. The maximum atomic E-state index is 12.7. The van der Waals surface area contributed by atoms with Gasteiger partial charge in [-0.05, 0) is 48.5 Å². The van der Waals surface area contributed by atoms with E-state index in [4.69, 9.17) is 5.10 Å². The molecule has 3 aromatic heterocycles. The van der Waals surface area contributed by atoms with Crippen molar-refractivity contribution in [1.82, 2.24) is 25.0 Å². The Hall–Kier alpha value is -5.11. The van der Waals surface area contributed by atoms with Crippen molar-refractivity contribution in [2.24, 2.45) is 0 Å². The van der Waals surface area contributed by atoms with Gasteiger partial charge in [-0.15, -0.1) is 0 Å². The number of benzene rings is 2. The summed E-state index contributed by atoms with van der Waals surface area (Å²) in [5, 5.41) is 14.0. The standard InChI is InChI=1S/C27H20N6O2/c34-25(29-22-8-4-6-19(16-22)24-12-14-26(35)31-30-24)13-11-21-18-33(23-9-2-1-3-10-23)32-27(21)20-7-5-15-28-17-20/h1-18H,(H,29,34)(H,31,35)/b13-11+. The van der Waals surface area contributed by atoms with Gasteiger partial charge in [-0.25, -0.2) is 9.78 Å². The van der Waals surface area contributed by atoms with Crippen molar-refractivity contribution < 1.29 is 4.79 Å². The van der Waals surface area contributed by atoms with Crippen LogP contribution in [0.5, 0.6) is 0 Å². The summed E-state index contributed by atoms with van der Waals surface area (Å²) < 4.78 is 1.78. The molecular formula is C27H20N6O2. The van der Waals surface area contributed by atoms with E-state index in [0.29, 0.717) is 11.4 Å². The first-order chi connectivity index (χ1) is 17.2. The Bertz CT molecular complexity index is 1540. The molecule has 0 saturated carbocycles. The van der Waals surface area contributed by atoms with Gasteiger partial charge in [0, 0.05) is 53.1 Å². The molecule has 1 amide bonds. The van der Waals surface area contributed by atoms with Crippen molar-refractivity contribution in [3.8, 4) is 28.2 Å². The Balaban J connectivity index is 1.39. The summed E-state index contributed by atoms with van der Waals surface area (Å²) in [6, 6.07) is 23.8. The number of rotatable bonds is 6. The average molecular weight is 460 g/mol. The number of hydrogen-bond donors (Lipinski definition) is 2. The van der Waals surface area contributed by atoms with Gasteiger partial charge in [0.15, 0.2) is 0 Å². The number of pyridine rings is 1. The summed E-state index contributed by atoms with van der Waals surface area (Å²) in [5.41, 5.74) is 4.97. The second kappa shape index (κ2) is 9.80. The molecular weight excluding hydrogens is 440 g/mol. The third kappa shape index (κ3) is 5.12. The third-order valence-corrected chi connectivity index (χ3v) is 5.22. The summed E-state index contributed by atoms with van der Waals surface area (Å²) in [4.78, 5) is 28.2. The maximum Gasteiger partial charge on any atom is 0.264 e. The van der Waals surface area contributed by atoms with Crippen LogP contribution in [0.2, 0.25) is 0 Å². The van der Waals surface area contributed by atoms with Gasteiger partial charge in [0.05, 0.1) is 11.4 Å². The van der Waals surface area contributed by atoms with Crippen LogP contribution in [-0.2, 0) is 4.79 Å². The number of amides is 1. The van der Waals surface area contributed by atoms with E-state index in [1.807, 2.05) is 60.8 Å². The zero-order valence-corrected chi connectivity index (χ0v) is 18.5. The van der Waals surface area contributed by atoms with Gasteiger partial charge in [0.1, 0.15) is 5.69 Å². The van der Waals surface area contributed by atoms with Crippen LogP contribution in [0.25, 0.3) is 34.3 Å². The number of para-hydroxylation sites is 1. The van der Waals surface area contributed by atoms with Crippen LogP contribution in [-0.4, -0.2) is 30.9 Å². The van der Waals surface area contributed by atoms with Gasteiger partial charge < -0.3 is 5.32 Å². The lowest BCUT2D eigenvalue weighted by atomic mass is 10.1. The molecule has 0 fully saturated rings. The van der Waals surface area contributed by atoms with Gasteiger partial charge in [-0.2, -0.15) is 10.2 Å². The third-order valence-electron chi connectivity index (χ3n) is 5.22.